The second-order valence-corrected chi connectivity index (χ2v) is 5.18. The monoisotopic (exact) mass is 206 g/mol. The highest BCUT2D eigenvalue weighted by atomic mass is 16.5. The molecule has 0 unspecified atom stereocenters. The lowest BCUT2D eigenvalue weighted by Crippen LogP contribution is -2.25. The van der Waals surface area contributed by atoms with Gasteiger partial charge in [-0.3, -0.25) is 0 Å². The maximum Gasteiger partial charge on any atom is 0.316 e. The summed E-state index contributed by atoms with van der Waals surface area (Å²) in [6, 6.07) is 0.521. The molecule has 1 aromatic heterocycles. The molecule has 0 N–H and O–H groups in total. The van der Waals surface area contributed by atoms with Crippen molar-refractivity contribution in [3.63, 3.8) is 0 Å². The lowest BCUT2D eigenvalue weighted by atomic mass is 9.89. The second kappa shape index (κ2) is 3.80. The highest BCUT2D eigenvalue weighted by Crippen LogP contribution is 2.24. The van der Waals surface area contributed by atoms with Gasteiger partial charge in [-0.15, -0.1) is 0 Å². The van der Waals surface area contributed by atoms with E-state index in [2.05, 4.69) is 30.7 Å². The molecular formula is C12H18N2O. The van der Waals surface area contributed by atoms with Crippen LogP contribution in [-0.4, -0.2) is 16.1 Å². The van der Waals surface area contributed by atoms with E-state index in [1.807, 2.05) is 12.4 Å². The van der Waals surface area contributed by atoms with Gasteiger partial charge in [-0.2, -0.15) is 0 Å². The Bertz CT molecular complexity index is 322. The standard InChI is InChI=1S/C12H18N2O/c1-12(2,3)9-7-13-11(14-8-9)15-10-5-4-6-10/h7-8,10H,4-6H2,1-3H3. The summed E-state index contributed by atoms with van der Waals surface area (Å²) in [5, 5.41) is 0. The van der Waals surface area contributed by atoms with Crippen LogP contribution in [0.25, 0.3) is 0 Å². The van der Waals surface area contributed by atoms with Crippen molar-refractivity contribution < 1.29 is 4.74 Å². The van der Waals surface area contributed by atoms with E-state index in [1.54, 1.807) is 0 Å². The first-order valence-electron chi connectivity index (χ1n) is 5.55. The van der Waals surface area contributed by atoms with Crippen LogP contribution < -0.4 is 4.74 Å². The summed E-state index contributed by atoms with van der Waals surface area (Å²) in [6.45, 7) is 6.45. The normalized spacial score (nSPS) is 17.3. The third-order valence-corrected chi connectivity index (χ3v) is 2.82. The molecule has 1 aromatic rings. The number of rotatable bonds is 2. The van der Waals surface area contributed by atoms with E-state index < -0.39 is 0 Å². The Morgan fingerprint density at radius 1 is 1.20 bits per heavy atom. The fourth-order valence-electron chi connectivity index (χ4n) is 1.40. The zero-order valence-corrected chi connectivity index (χ0v) is 9.66. The Morgan fingerprint density at radius 3 is 2.20 bits per heavy atom. The Labute approximate surface area is 90.9 Å². The third-order valence-electron chi connectivity index (χ3n) is 2.82. The van der Waals surface area contributed by atoms with E-state index in [0.717, 1.165) is 18.4 Å². The molecule has 0 aromatic carbocycles. The maximum absolute atomic E-state index is 5.60. The summed E-state index contributed by atoms with van der Waals surface area (Å²) in [5.74, 6) is 0. The minimum Gasteiger partial charge on any atom is -0.460 e. The first-order valence-corrected chi connectivity index (χ1v) is 5.55. The lowest BCUT2D eigenvalue weighted by Gasteiger charge is -2.25. The van der Waals surface area contributed by atoms with Crippen molar-refractivity contribution >= 4 is 0 Å². The molecule has 0 amide bonds. The molecule has 2 rings (SSSR count). The van der Waals surface area contributed by atoms with Crippen LogP contribution in [0.3, 0.4) is 0 Å². The van der Waals surface area contributed by atoms with Gasteiger partial charge < -0.3 is 4.74 Å². The molecule has 1 aliphatic carbocycles. The molecule has 0 atom stereocenters. The minimum atomic E-state index is 0.106. The lowest BCUT2D eigenvalue weighted by molar-refractivity contribution is 0.108. The van der Waals surface area contributed by atoms with Crippen molar-refractivity contribution in [3.8, 4) is 6.01 Å². The average Bonchev–Trinajstić information content (AvgIpc) is 2.11. The zero-order chi connectivity index (χ0) is 10.9. The van der Waals surface area contributed by atoms with Gasteiger partial charge in [-0.05, 0) is 30.2 Å². The SMILES string of the molecule is CC(C)(C)c1cnc(OC2CCC2)nc1. The van der Waals surface area contributed by atoms with E-state index in [9.17, 15) is 0 Å². The first-order chi connectivity index (χ1) is 7.05. The molecule has 0 saturated heterocycles. The number of hydrogen-bond acceptors (Lipinski definition) is 3. The van der Waals surface area contributed by atoms with Crippen LogP contribution in [-0.2, 0) is 5.41 Å². The molecule has 1 heterocycles. The van der Waals surface area contributed by atoms with Gasteiger partial charge in [0, 0.05) is 12.4 Å². The smallest absolute Gasteiger partial charge is 0.316 e. The zero-order valence-electron chi connectivity index (χ0n) is 9.66. The predicted molar refractivity (Wildman–Crippen MR) is 59.0 cm³/mol. The summed E-state index contributed by atoms with van der Waals surface area (Å²) in [6.07, 6.45) is 7.63. The van der Waals surface area contributed by atoms with E-state index in [0.29, 0.717) is 12.1 Å². The molecule has 1 aliphatic rings. The van der Waals surface area contributed by atoms with E-state index in [-0.39, 0.29) is 5.41 Å². The molecule has 3 heteroatoms. The first kappa shape index (κ1) is 10.4. The number of ether oxygens (including phenoxy) is 1. The fourth-order valence-corrected chi connectivity index (χ4v) is 1.40. The van der Waals surface area contributed by atoms with Crippen LogP contribution in [0.5, 0.6) is 6.01 Å². The summed E-state index contributed by atoms with van der Waals surface area (Å²) < 4.78 is 5.60. The Balaban J connectivity index is 2.03. The largest absolute Gasteiger partial charge is 0.460 e. The molecule has 82 valence electrons. The number of aromatic nitrogens is 2. The van der Waals surface area contributed by atoms with E-state index in [4.69, 9.17) is 4.74 Å². The number of nitrogens with zero attached hydrogens (tertiary/aromatic N) is 2. The maximum atomic E-state index is 5.60. The van der Waals surface area contributed by atoms with Crippen molar-refractivity contribution in [1.82, 2.24) is 9.97 Å². The Kier molecular flexibility index (Phi) is 2.63. The van der Waals surface area contributed by atoms with Gasteiger partial charge in [-0.25, -0.2) is 9.97 Å². The summed E-state index contributed by atoms with van der Waals surface area (Å²) in [4.78, 5) is 8.47. The van der Waals surface area contributed by atoms with Crippen molar-refractivity contribution in [3.05, 3.63) is 18.0 Å². The molecular weight excluding hydrogens is 188 g/mol. The summed E-state index contributed by atoms with van der Waals surface area (Å²) >= 11 is 0. The molecule has 1 fully saturated rings. The van der Waals surface area contributed by atoms with Crippen molar-refractivity contribution in [2.75, 3.05) is 0 Å². The van der Waals surface area contributed by atoms with Crippen LogP contribution in [0.1, 0.15) is 45.6 Å². The number of hydrogen-bond donors (Lipinski definition) is 0. The summed E-state index contributed by atoms with van der Waals surface area (Å²) in [7, 11) is 0. The van der Waals surface area contributed by atoms with Gasteiger partial charge in [-0.1, -0.05) is 20.8 Å². The molecule has 0 aliphatic heterocycles. The Morgan fingerprint density at radius 2 is 1.80 bits per heavy atom. The summed E-state index contributed by atoms with van der Waals surface area (Å²) in [5.41, 5.74) is 1.25. The predicted octanol–water partition coefficient (Wildman–Crippen LogP) is 2.71. The van der Waals surface area contributed by atoms with Crippen molar-refractivity contribution in [1.29, 1.82) is 0 Å². The molecule has 15 heavy (non-hydrogen) atoms. The molecule has 1 saturated carbocycles. The highest BCUT2D eigenvalue weighted by molar-refractivity contribution is 5.16. The van der Waals surface area contributed by atoms with Gasteiger partial charge >= 0.3 is 6.01 Å². The van der Waals surface area contributed by atoms with Gasteiger partial charge in [0.25, 0.3) is 0 Å². The molecule has 0 bridgehead atoms. The third kappa shape index (κ3) is 2.46. The molecule has 3 nitrogen and oxygen atoms in total. The quantitative estimate of drug-likeness (QED) is 0.746. The van der Waals surface area contributed by atoms with E-state index >= 15 is 0 Å². The molecule has 0 spiro atoms. The van der Waals surface area contributed by atoms with E-state index in [1.165, 1.54) is 6.42 Å². The van der Waals surface area contributed by atoms with Crippen molar-refractivity contribution in [2.24, 2.45) is 0 Å². The van der Waals surface area contributed by atoms with Gasteiger partial charge in [0.15, 0.2) is 0 Å². The average molecular weight is 206 g/mol. The minimum absolute atomic E-state index is 0.106. The Hall–Kier alpha value is -1.12. The van der Waals surface area contributed by atoms with Crippen LogP contribution in [0.2, 0.25) is 0 Å². The van der Waals surface area contributed by atoms with Crippen LogP contribution in [0, 0.1) is 0 Å². The van der Waals surface area contributed by atoms with Crippen molar-refractivity contribution in [2.45, 2.75) is 51.6 Å². The highest BCUT2D eigenvalue weighted by Gasteiger charge is 2.20. The fraction of sp³-hybridized carbons (Fsp3) is 0.667. The van der Waals surface area contributed by atoms with Gasteiger partial charge in [0.2, 0.25) is 0 Å². The molecule has 0 radical (unpaired) electrons. The van der Waals surface area contributed by atoms with Crippen LogP contribution in [0.15, 0.2) is 12.4 Å². The topological polar surface area (TPSA) is 35.0 Å². The van der Waals surface area contributed by atoms with Crippen LogP contribution in [0.4, 0.5) is 0 Å². The van der Waals surface area contributed by atoms with Gasteiger partial charge in [0.05, 0.1) is 0 Å². The van der Waals surface area contributed by atoms with Gasteiger partial charge in [0.1, 0.15) is 6.10 Å². The second-order valence-electron chi connectivity index (χ2n) is 5.18. The van der Waals surface area contributed by atoms with Crippen LogP contribution >= 0.6 is 0 Å².